The zero-order chi connectivity index (χ0) is 19.1. The first-order valence-corrected chi connectivity index (χ1v) is 9.98. The van der Waals surface area contributed by atoms with E-state index >= 15 is 0 Å². The van der Waals surface area contributed by atoms with Crippen molar-refractivity contribution in [3.8, 4) is 0 Å². The summed E-state index contributed by atoms with van der Waals surface area (Å²) in [6.45, 7) is 4.26. The molecule has 2 N–H and O–H groups in total. The van der Waals surface area contributed by atoms with Crippen LogP contribution in [0.25, 0.3) is 5.65 Å². The molecule has 0 aromatic carbocycles. The quantitative estimate of drug-likeness (QED) is 0.350. The first-order valence-electron chi connectivity index (χ1n) is 9.10. The molecule has 0 unspecified atom stereocenters. The van der Waals surface area contributed by atoms with Gasteiger partial charge >= 0.3 is 0 Å². The monoisotopic (exact) mass is 386 g/mol. The summed E-state index contributed by atoms with van der Waals surface area (Å²) in [5.74, 6) is 1.79. The lowest BCUT2D eigenvalue weighted by Crippen LogP contribution is -2.37. The maximum Gasteiger partial charge on any atom is 0.191 e. The second kappa shape index (κ2) is 9.31. The summed E-state index contributed by atoms with van der Waals surface area (Å²) < 4.78 is 2.03. The average Bonchev–Trinajstić information content (AvgIpc) is 3.30. The van der Waals surface area contributed by atoms with E-state index < -0.39 is 0 Å². The second-order valence-corrected chi connectivity index (χ2v) is 7.12. The number of guanidine groups is 1. The van der Waals surface area contributed by atoms with Gasteiger partial charge in [-0.2, -0.15) is 0 Å². The van der Waals surface area contributed by atoms with Gasteiger partial charge in [0.2, 0.25) is 0 Å². The normalized spacial score (nSPS) is 11.7. The molecule has 144 valence electrons. The number of nitrogens with one attached hydrogen (secondary N) is 2. The molecule has 27 heavy (non-hydrogen) atoms. The molecule has 3 heterocycles. The third-order valence-electron chi connectivity index (χ3n) is 3.92. The molecule has 0 aliphatic carbocycles. The number of anilines is 1. The Bertz CT molecular complexity index is 882. The zero-order valence-corrected chi connectivity index (χ0v) is 16.8. The van der Waals surface area contributed by atoms with Gasteiger partial charge in [0.25, 0.3) is 0 Å². The molecule has 0 fully saturated rings. The van der Waals surface area contributed by atoms with Gasteiger partial charge in [-0.15, -0.1) is 21.5 Å². The van der Waals surface area contributed by atoms with Gasteiger partial charge in [0.05, 0.1) is 12.2 Å². The summed E-state index contributed by atoms with van der Waals surface area (Å²) in [6, 6.07) is 5.93. The first kappa shape index (κ1) is 19.1. The number of aromatic nitrogens is 4. The fourth-order valence-corrected chi connectivity index (χ4v) is 3.34. The molecular weight excluding hydrogens is 360 g/mol. The highest BCUT2D eigenvalue weighted by atomic mass is 32.1. The summed E-state index contributed by atoms with van der Waals surface area (Å²) in [6.07, 6.45) is 3.80. The number of hydrogen-bond acceptors (Lipinski definition) is 6. The number of fused-ring (bicyclic) bond motifs is 1. The zero-order valence-electron chi connectivity index (χ0n) is 16.0. The molecule has 3 aromatic rings. The molecule has 0 atom stereocenters. The van der Waals surface area contributed by atoms with E-state index in [-0.39, 0.29) is 0 Å². The average molecular weight is 387 g/mol. The Morgan fingerprint density at radius 2 is 2.15 bits per heavy atom. The van der Waals surface area contributed by atoms with Crippen LogP contribution in [-0.2, 0) is 13.0 Å². The highest BCUT2D eigenvalue weighted by Crippen LogP contribution is 2.18. The van der Waals surface area contributed by atoms with Crippen LogP contribution in [0.15, 0.2) is 34.8 Å². The van der Waals surface area contributed by atoms with Crippen LogP contribution in [0.1, 0.15) is 24.9 Å². The Hall–Kier alpha value is -2.68. The van der Waals surface area contributed by atoms with Crippen LogP contribution in [0.2, 0.25) is 0 Å². The molecule has 3 rings (SSSR count). The summed E-state index contributed by atoms with van der Waals surface area (Å²) in [7, 11) is 3.99. The lowest BCUT2D eigenvalue weighted by Gasteiger charge is -2.10. The molecule has 0 saturated carbocycles. The molecular formula is C18H26N8S. The lowest BCUT2D eigenvalue weighted by molar-refractivity contribution is 0.714. The Balaban J connectivity index is 1.50. The summed E-state index contributed by atoms with van der Waals surface area (Å²) in [5.41, 5.74) is 1.87. The first-order chi connectivity index (χ1) is 13.2. The fourth-order valence-electron chi connectivity index (χ4n) is 2.59. The van der Waals surface area contributed by atoms with Gasteiger partial charge in [-0.3, -0.25) is 4.40 Å². The van der Waals surface area contributed by atoms with E-state index in [2.05, 4.69) is 43.1 Å². The topological polar surface area (TPSA) is 82.7 Å². The van der Waals surface area contributed by atoms with Crippen molar-refractivity contribution in [1.82, 2.24) is 30.2 Å². The number of pyridine rings is 1. The molecule has 0 bridgehead atoms. The van der Waals surface area contributed by atoms with Crippen molar-refractivity contribution < 1.29 is 0 Å². The van der Waals surface area contributed by atoms with Crippen molar-refractivity contribution in [2.24, 2.45) is 4.99 Å². The van der Waals surface area contributed by atoms with Gasteiger partial charge in [-0.1, -0.05) is 6.07 Å². The predicted octanol–water partition coefficient (Wildman–Crippen LogP) is 1.94. The molecule has 0 saturated heterocycles. The Morgan fingerprint density at radius 3 is 2.93 bits per heavy atom. The van der Waals surface area contributed by atoms with Crippen molar-refractivity contribution in [2.45, 2.75) is 26.3 Å². The summed E-state index contributed by atoms with van der Waals surface area (Å²) in [4.78, 5) is 11.2. The third-order valence-corrected chi connectivity index (χ3v) is 4.98. The number of rotatable bonds is 8. The van der Waals surface area contributed by atoms with Gasteiger partial charge in [0.1, 0.15) is 5.82 Å². The van der Waals surface area contributed by atoms with E-state index in [1.54, 1.807) is 11.3 Å². The minimum Gasteiger partial charge on any atom is -0.357 e. The van der Waals surface area contributed by atoms with Crippen LogP contribution >= 0.6 is 11.3 Å². The number of nitrogens with zero attached hydrogens (tertiary/aromatic N) is 6. The molecule has 0 aliphatic heterocycles. The van der Waals surface area contributed by atoms with Gasteiger partial charge < -0.3 is 15.5 Å². The highest BCUT2D eigenvalue weighted by molar-refractivity contribution is 7.13. The Kier molecular flexibility index (Phi) is 6.59. The molecule has 9 heteroatoms. The van der Waals surface area contributed by atoms with Gasteiger partial charge in [0, 0.05) is 45.2 Å². The summed E-state index contributed by atoms with van der Waals surface area (Å²) in [5, 5.41) is 18.2. The maximum atomic E-state index is 4.63. The molecule has 3 aromatic heterocycles. The van der Waals surface area contributed by atoms with E-state index in [1.807, 2.05) is 47.8 Å². The summed E-state index contributed by atoms with van der Waals surface area (Å²) >= 11 is 1.63. The smallest absolute Gasteiger partial charge is 0.191 e. The minimum absolute atomic E-state index is 0.564. The number of thiazole rings is 1. The van der Waals surface area contributed by atoms with Crippen LogP contribution < -0.4 is 15.5 Å². The minimum atomic E-state index is 0.564. The molecule has 0 amide bonds. The van der Waals surface area contributed by atoms with Crippen LogP contribution in [0.4, 0.5) is 5.13 Å². The van der Waals surface area contributed by atoms with Crippen LogP contribution in [0.5, 0.6) is 0 Å². The van der Waals surface area contributed by atoms with E-state index in [1.165, 1.54) is 0 Å². The largest absolute Gasteiger partial charge is 0.357 e. The van der Waals surface area contributed by atoms with E-state index in [0.29, 0.717) is 6.54 Å². The Labute approximate surface area is 163 Å². The molecule has 8 nitrogen and oxygen atoms in total. The fraction of sp³-hybridized carbons (Fsp3) is 0.444. The molecule has 0 spiro atoms. The van der Waals surface area contributed by atoms with Gasteiger partial charge in [-0.05, 0) is 25.5 Å². The maximum absolute atomic E-state index is 4.63. The van der Waals surface area contributed by atoms with Crippen LogP contribution in [0, 0.1) is 0 Å². The van der Waals surface area contributed by atoms with Crippen molar-refractivity contribution in [3.63, 3.8) is 0 Å². The van der Waals surface area contributed by atoms with Crippen LogP contribution in [-0.4, -0.2) is 52.7 Å². The number of hydrogen-bond donors (Lipinski definition) is 2. The number of aliphatic imine (C=N–C) groups is 1. The van der Waals surface area contributed by atoms with E-state index in [9.17, 15) is 0 Å². The SMILES string of the molecule is CCNC(=NCc1csc(N(C)C)n1)NCCCc1nnc2ccccn12. The molecule has 0 radical (unpaired) electrons. The van der Waals surface area contributed by atoms with Gasteiger partial charge in [-0.25, -0.2) is 9.98 Å². The molecule has 0 aliphatic rings. The van der Waals surface area contributed by atoms with Crippen molar-refractivity contribution in [2.75, 3.05) is 32.1 Å². The van der Waals surface area contributed by atoms with E-state index in [0.717, 1.165) is 54.2 Å². The predicted molar refractivity (Wildman–Crippen MR) is 111 cm³/mol. The highest BCUT2D eigenvalue weighted by Gasteiger charge is 2.06. The third kappa shape index (κ3) is 5.16. The van der Waals surface area contributed by atoms with Crippen molar-refractivity contribution >= 4 is 28.1 Å². The lowest BCUT2D eigenvalue weighted by atomic mass is 10.3. The second-order valence-electron chi connectivity index (χ2n) is 6.29. The van der Waals surface area contributed by atoms with Crippen molar-refractivity contribution in [1.29, 1.82) is 0 Å². The van der Waals surface area contributed by atoms with E-state index in [4.69, 9.17) is 0 Å². The standard InChI is InChI=1S/C18H26N8S/c1-4-19-17(21-12-14-13-27-18(22-14)25(2)3)20-10-7-9-16-24-23-15-8-5-6-11-26(15)16/h5-6,8,11,13H,4,7,9-10,12H2,1-3H3,(H2,19,20,21). The van der Waals surface area contributed by atoms with Crippen LogP contribution in [0.3, 0.4) is 0 Å². The Morgan fingerprint density at radius 1 is 1.26 bits per heavy atom. The number of aryl methyl sites for hydroxylation is 1. The van der Waals surface area contributed by atoms with Crippen molar-refractivity contribution in [3.05, 3.63) is 41.3 Å². The van der Waals surface area contributed by atoms with Gasteiger partial charge in [0.15, 0.2) is 16.7 Å².